The largest absolute Gasteiger partial charge is 0.497 e. The molecule has 4 aromatic rings. The lowest BCUT2D eigenvalue weighted by Crippen LogP contribution is -2.04. The summed E-state index contributed by atoms with van der Waals surface area (Å²) in [6, 6.07) is 9.82. The Bertz CT molecular complexity index is 1060. The molecule has 2 aromatic heterocycles. The van der Waals surface area contributed by atoms with Crippen molar-refractivity contribution in [2.45, 2.75) is 6.92 Å². The average molecular weight is 278 g/mol. The molecule has 0 spiro atoms. The van der Waals surface area contributed by atoms with Crippen molar-refractivity contribution in [2.75, 3.05) is 7.11 Å². The molecular weight excluding hydrogens is 264 g/mol. The van der Waals surface area contributed by atoms with Gasteiger partial charge in [0.05, 0.1) is 12.6 Å². The summed E-state index contributed by atoms with van der Waals surface area (Å²) in [5, 5.41) is 3.80. The number of hydrogen-bond donors (Lipinski definition) is 2. The molecule has 21 heavy (non-hydrogen) atoms. The summed E-state index contributed by atoms with van der Waals surface area (Å²) < 4.78 is 5.30. The monoisotopic (exact) mass is 278 g/mol. The molecule has 0 aliphatic heterocycles. The minimum absolute atomic E-state index is 0.0604. The Morgan fingerprint density at radius 1 is 1.00 bits per heavy atom. The van der Waals surface area contributed by atoms with E-state index in [2.05, 4.69) is 9.97 Å². The first-order chi connectivity index (χ1) is 10.2. The van der Waals surface area contributed by atoms with E-state index in [0.717, 1.165) is 38.5 Å². The molecule has 104 valence electrons. The number of methoxy groups -OCH3 is 1. The summed E-state index contributed by atoms with van der Waals surface area (Å²) in [7, 11) is 1.65. The highest BCUT2D eigenvalue weighted by Gasteiger charge is 2.12. The molecule has 4 heteroatoms. The number of H-pyrrole nitrogens is 2. The van der Waals surface area contributed by atoms with Crippen molar-refractivity contribution in [1.82, 2.24) is 9.97 Å². The van der Waals surface area contributed by atoms with E-state index in [1.54, 1.807) is 13.3 Å². The van der Waals surface area contributed by atoms with Crippen molar-refractivity contribution in [3.05, 3.63) is 52.4 Å². The minimum atomic E-state index is -0.0604. The molecule has 2 heterocycles. The Morgan fingerprint density at radius 2 is 1.86 bits per heavy atom. The maximum absolute atomic E-state index is 12.1. The summed E-state index contributed by atoms with van der Waals surface area (Å²) in [5.74, 6) is 0.808. The smallest absolute Gasteiger partial charge is 0.255 e. The minimum Gasteiger partial charge on any atom is -0.497 e. The number of fused-ring (bicyclic) bond motifs is 4. The number of hydrogen-bond acceptors (Lipinski definition) is 2. The van der Waals surface area contributed by atoms with E-state index in [1.165, 1.54) is 0 Å². The molecule has 4 rings (SSSR count). The predicted octanol–water partition coefficient (Wildman–Crippen LogP) is 3.48. The van der Waals surface area contributed by atoms with Crippen LogP contribution < -0.4 is 10.3 Å². The van der Waals surface area contributed by atoms with Gasteiger partial charge in [-0.05, 0) is 48.2 Å². The van der Waals surface area contributed by atoms with Crippen molar-refractivity contribution >= 4 is 32.6 Å². The fraction of sp³-hybridized carbons (Fsp3) is 0.118. The van der Waals surface area contributed by atoms with Crippen LogP contribution in [0.5, 0.6) is 5.75 Å². The van der Waals surface area contributed by atoms with Gasteiger partial charge in [-0.25, -0.2) is 0 Å². The molecule has 0 atom stereocenters. The van der Waals surface area contributed by atoms with E-state index in [9.17, 15) is 4.79 Å². The van der Waals surface area contributed by atoms with Gasteiger partial charge < -0.3 is 14.7 Å². The average Bonchev–Trinajstić information content (AvgIpc) is 2.87. The van der Waals surface area contributed by atoms with Gasteiger partial charge in [0.2, 0.25) is 0 Å². The molecule has 0 fully saturated rings. The van der Waals surface area contributed by atoms with E-state index in [4.69, 9.17) is 4.74 Å². The van der Waals surface area contributed by atoms with Gasteiger partial charge in [-0.1, -0.05) is 0 Å². The number of benzene rings is 2. The van der Waals surface area contributed by atoms with Gasteiger partial charge in [0.15, 0.2) is 0 Å². The molecule has 0 aliphatic carbocycles. The van der Waals surface area contributed by atoms with Crippen LogP contribution in [-0.4, -0.2) is 17.1 Å². The van der Waals surface area contributed by atoms with Crippen LogP contribution in [0.3, 0.4) is 0 Å². The molecule has 0 bridgehead atoms. The van der Waals surface area contributed by atoms with Gasteiger partial charge in [-0.3, -0.25) is 4.79 Å². The lowest BCUT2D eigenvalue weighted by Gasteiger charge is -2.03. The van der Waals surface area contributed by atoms with E-state index >= 15 is 0 Å². The van der Waals surface area contributed by atoms with E-state index in [-0.39, 0.29) is 5.56 Å². The molecule has 0 saturated carbocycles. The molecule has 0 saturated heterocycles. The molecule has 0 aliphatic rings. The van der Waals surface area contributed by atoms with Gasteiger partial charge in [-0.15, -0.1) is 0 Å². The summed E-state index contributed by atoms with van der Waals surface area (Å²) in [6.45, 7) is 2.04. The van der Waals surface area contributed by atoms with Gasteiger partial charge in [0.25, 0.3) is 5.56 Å². The van der Waals surface area contributed by atoms with Crippen LogP contribution in [-0.2, 0) is 0 Å². The van der Waals surface area contributed by atoms with Crippen LogP contribution in [0.4, 0.5) is 0 Å². The zero-order valence-corrected chi connectivity index (χ0v) is 11.8. The van der Waals surface area contributed by atoms with Crippen LogP contribution in [0.15, 0.2) is 41.3 Å². The van der Waals surface area contributed by atoms with E-state index in [0.29, 0.717) is 5.39 Å². The number of aryl methyl sites for hydroxylation is 1. The third-order valence-electron chi connectivity index (χ3n) is 4.11. The number of aromatic nitrogens is 2. The van der Waals surface area contributed by atoms with Crippen molar-refractivity contribution in [3.8, 4) is 5.75 Å². The van der Waals surface area contributed by atoms with Crippen LogP contribution in [0, 0.1) is 6.92 Å². The first-order valence-electron chi connectivity index (χ1n) is 6.79. The maximum Gasteiger partial charge on any atom is 0.255 e. The number of ether oxygens (including phenoxy) is 1. The van der Waals surface area contributed by atoms with Crippen LogP contribution in [0.2, 0.25) is 0 Å². The Kier molecular flexibility index (Phi) is 2.36. The molecule has 0 unspecified atom stereocenters. The number of pyridine rings is 1. The van der Waals surface area contributed by atoms with Gasteiger partial charge in [0, 0.05) is 27.9 Å². The zero-order chi connectivity index (χ0) is 14.6. The maximum atomic E-state index is 12.1. The van der Waals surface area contributed by atoms with Crippen LogP contribution in [0.25, 0.3) is 32.6 Å². The van der Waals surface area contributed by atoms with E-state index in [1.807, 2.05) is 37.3 Å². The Hall–Kier alpha value is -2.75. The second-order valence-electron chi connectivity index (χ2n) is 5.23. The summed E-state index contributed by atoms with van der Waals surface area (Å²) in [6.07, 6.45) is 1.69. The Labute approximate surface area is 120 Å². The normalized spacial score (nSPS) is 11.5. The molecule has 0 radical (unpaired) electrons. The van der Waals surface area contributed by atoms with Gasteiger partial charge in [-0.2, -0.15) is 0 Å². The Morgan fingerprint density at radius 3 is 2.67 bits per heavy atom. The fourth-order valence-corrected chi connectivity index (χ4v) is 3.00. The van der Waals surface area contributed by atoms with Crippen molar-refractivity contribution < 1.29 is 4.74 Å². The fourth-order valence-electron chi connectivity index (χ4n) is 3.00. The predicted molar refractivity (Wildman–Crippen MR) is 85.2 cm³/mol. The van der Waals surface area contributed by atoms with Crippen molar-refractivity contribution in [3.63, 3.8) is 0 Å². The molecule has 4 nitrogen and oxygen atoms in total. The molecule has 0 amide bonds. The molecular formula is C17H14N2O2. The third kappa shape index (κ3) is 1.59. The standard InChI is InChI=1S/C17H14N2O2/c1-9-11-5-6-18-17(20)14(11)8-13-12-7-10(21-2)3-4-15(12)19-16(9)13/h3-8,19H,1-2H3,(H,18,20). The highest BCUT2D eigenvalue weighted by Crippen LogP contribution is 2.33. The number of rotatable bonds is 1. The quantitative estimate of drug-likeness (QED) is 0.560. The van der Waals surface area contributed by atoms with Crippen molar-refractivity contribution in [2.24, 2.45) is 0 Å². The van der Waals surface area contributed by atoms with Crippen LogP contribution >= 0.6 is 0 Å². The SMILES string of the molecule is COc1ccc2[nH]c3c(C)c4cc[nH]c(=O)c4cc3c2c1. The first kappa shape index (κ1) is 12.0. The second kappa shape index (κ2) is 4.12. The first-order valence-corrected chi connectivity index (χ1v) is 6.79. The van der Waals surface area contributed by atoms with Crippen LogP contribution in [0.1, 0.15) is 5.56 Å². The van der Waals surface area contributed by atoms with Gasteiger partial charge >= 0.3 is 0 Å². The molecule has 2 aromatic carbocycles. The topological polar surface area (TPSA) is 57.9 Å². The second-order valence-corrected chi connectivity index (χ2v) is 5.23. The molecule has 2 N–H and O–H groups in total. The number of nitrogens with one attached hydrogen (secondary N) is 2. The number of aromatic amines is 2. The summed E-state index contributed by atoms with van der Waals surface area (Å²) in [4.78, 5) is 18.2. The van der Waals surface area contributed by atoms with Gasteiger partial charge in [0.1, 0.15) is 5.75 Å². The van der Waals surface area contributed by atoms with Crippen molar-refractivity contribution in [1.29, 1.82) is 0 Å². The summed E-state index contributed by atoms with van der Waals surface area (Å²) in [5.41, 5.74) is 3.13. The third-order valence-corrected chi connectivity index (χ3v) is 4.11. The Balaban J connectivity index is 2.27. The summed E-state index contributed by atoms with van der Waals surface area (Å²) >= 11 is 0. The highest BCUT2D eigenvalue weighted by molar-refractivity contribution is 6.13. The zero-order valence-electron chi connectivity index (χ0n) is 11.8. The lowest BCUT2D eigenvalue weighted by atomic mass is 10.0. The highest BCUT2D eigenvalue weighted by atomic mass is 16.5. The lowest BCUT2D eigenvalue weighted by molar-refractivity contribution is 0.415. The van der Waals surface area contributed by atoms with E-state index < -0.39 is 0 Å².